The number of carbonyl (C=O) groups is 2. The van der Waals surface area contributed by atoms with Gasteiger partial charge in [-0.3, -0.25) is 14.3 Å². The lowest BCUT2D eigenvalue weighted by Gasteiger charge is -2.01. The van der Waals surface area contributed by atoms with Crippen LogP contribution in [0, 0.1) is 0 Å². The summed E-state index contributed by atoms with van der Waals surface area (Å²) >= 11 is 0. The summed E-state index contributed by atoms with van der Waals surface area (Å²) in [4.78, 5) is 24.0. The second-order valence-electron chi connectivity index (χ2n) is 4.47. The summed E-state index contributed by atoms with van der Waals surface area (Å²) in [5, 5.41) is 3.99. The quantitative estimate of drug-likeness (QED) is 0.624. The lowest BCUT2D eigenvalue weighted by molar-refractivity contribution is 0.0890. The molecule has 0 unspecified atom stereocenters. The Balaban J connectivity index is 1.75. The van der Waals surface area contributed by atoms with Gasteiger partial charge in [0.15, 0.2) is 23.1 Å². The third kappa shape index (κ3) is 2.27. The van der Waals surface area contributed by atoms with Crippen molar-refractivity contribution in [3.8, 4) is 11.5 Å². The first-order chi connectivity index (χ1) is 9.63. The van der Waals surface area contributed by atoms with Crippen LogP contribution in [0.1, 0.15) is 27.3 Å². The van der Waals surface area contributed by atoms with Crippen molar-refractivity contribution in [2.75, 3.05) is 6.79 Å². The van der Waals surface area contributed by atoms with Crippen LogP contribution < -0.4 is 9.47 Å². The molecular formula is C14H12N2O4. The van der Waals surface area contributed by atoms with Gasteiger partial charge in [-0.15, -0.1) is 0 Å². The fraction of sp³-hybridized carbons (Fsp3) is 0.214. The van der Waals surface area contributed by atoms with Gasteiger partial charge in [0, 0.05) is 18.8 Å². The molecule has 0 bridgehead atoms. The van der Waals surface area contributed by atoms with Gasteiger partial charge in [0.2, 0.25) is 6.79 Å². The van der Waals surface area contributed by atoms with E-state index in [9.17, 15) is 9.59 Å². The molecule has 20 heavy (non-hydrogen) atoms. The zero-order valence-corrected chi connectivity index (χ0v) is 10.8. The number of fused-ring (bicyclic) bond motifs is 1. The number of nitrogens with zero attached hydrogens (tertiary/aromatic N) is 2. The van der Waals surface area contributed by atoms with Gasteiger partial charge in [-0.1, -0.05) is 0 Å². The molecular weight excluding hydrogens is 260 g/mol. The van der Waals surface area contributed by atoms with Crippen molar-refractivity contribution in [2.24, 2.45) is 7.05 Å². The van der Waals surface area contributed by atoms with Crippen LogP contribution in [0.4, 0.5) is 0 Å². The van der Waals surface area contributed by atoms with Crippen molar-refractivity contribution in [1.29, 1.82) is 0 Å². The monoisotopic (exact) mass is 272 g/mol. The molecule has 0 saturated heterocycles. The number of ether oxygens (including phenoxy) is 2. The number of ketones is 2. The molecule has 0 fully saturated rings. The molecule has 6 nitrogen and oxygen atoms in total. The normalized spacial score (nSPS) is 12.4. The number of hydrogen-bond donors (Lipinski definition) is 0. The number of hydrogen-bond acceptors (Lipinski definition) is 5. The van der Waals surface area contributed by atoms with Crippen LogP contribution in [-0.4, -0.2) is 28.1 Å². The Morgan fingerprint density at radius 2 is 2.00 bits per heavy atom. The van der Waals surface area contributed by atoms with Gasteiger partial charge < -0.3 is 9.47 Å². The second-order valence-corrected chi connectivity index (χ2v) is 4.47. The third-order valence-corrected chi connectivity index (χ3v) is 3.01. The number of aryl methyl sites for hydroxylation is 1. The Morgan fingerprint density at radius 3 is 2.75 bits per heavy atom. The highest BCUT2D eigenvalue weighted by atomic mass is 16.7. The first-order valence-corrected chi connectivity index (χ1v) is 6.09. The maximum absolute atomic E-state index is 12.1. The third-order valence-electron chi connectivity index (χ3n) is 3.01. The van der Waals surface area contributed by atoms with Crippen LogP contribution in [-0.2, 0) is 7.05 Å². The average molecular weight is 272 g/mol. The van der Waals surface area contributed by atoms with Gasteiger partial charge in [0.25, 0.3) is 0 Å². The number of Topliss-reactive ketones (excluding diaryl/α,β-unsaturated/α-hetero) is 2. The lowest BCUT2D eigenvalue weighted by atomic mass is 10.0. The summed E-state index contributed by atoms with van der Waals surface area (Å²) in [6.07, 6.45) is 1.45. The fourth-order valence-electron chi connectivity index (χ4n) is 1.97. The molecule has 1 aliphatic rings. The summed E-state index contributed by atoms with van der Waals surface area (Å²) < 4.78 is 11.9. The molecule has 0 radical (unpaired) electrons. The Bertz CT molecular complexity index is 690. The zero-order chi connectivity index (χ0) is 14.1. The fourth-order valence-corrected chi connectivity index (χ4v) is 1.97. The SMILES string of the molecule is Cn1ccc(C(=O)CC(=O)c2ccc3c(c2)OCO3)n1. The minimum atomic E-state index is -0.298. The van der Waals surface area contributed by atoms with Crippen molar-refractivity contribution >= 4 is 11.6 Å². The minimum Gasteiger partial charge on any atom is -0.454 e. The van der Waals surface area contributed by atoms with Crippen LogP contribution in [0.5, 0.6) is 11.5 Å². The van der Waals surface area contributed by atoms with E-state index in [1.165, 1.54) is 4.68 Å². The van der Waals surface area contributed by atoms with Crippen LogP contribution >= 0.6 is 0 Å². The summed E-state index contributed by atoms with van der Waals surface area (Å²) in [6.45, 7) is 0.153. The van der Waals surface area contributed by atoms with E-state index in [-0.39, 0.29) is 24.8 Å². The molecule has 0 N–H and O–H groups in total. The van der Waals surface area contributed by atoms with Crippen LogP contribution in [0.25, 0.3) is 0 Å². The zero-order valence-electron chi connectivity index (χ0n) is 10.8. The average Bonchev–Trinajstić information content (AvgIpc) is 3.05. The smallest absolute Gasteiger partial charge is 0.231 e. The van der Waals surface area contributed by atoms with Gasteiger partial charge in [0.05, 0.1) is 6.42 Å². The molecule has 2 aromatic rings. The van der Waals surface area contributed by atoms with E-state index < -0.39 is 0 Å². The maximum atomic E-state index is 12.1. The molecule has 1 aliphatic heterocycles. The molecule has 0 amide bonds. The van der Waals surface area contributed by atoms with Gasteiger partial charge in [-0.05, 0) is 24.3 Å². The van der Waals surface area contributed by atoms with E-state index >= 15 is 0 Å². The standard InChI is InChI=1S/C14H12N2O4/c1-16-5-4-10(15-16)12(18)7-11(17)9-2-3-13-14(6-9)20-8-19-13/h2-6H,7-8H2,1H3. The predicted molar refractivity (Wildman–Crippen MR) is 69.1 cm³/mol. The molecule has 0 aliphatic carbocycles. The van der Waals surface area contributed by atoms with E-state index in [0.717, 1.165) is 0 Å². The molecule has 0 atom stereocenters. The number of rotatable bonds is 4. The largest absolute Gasteiger partial charge is 0.454 e. The van der Waals surface area contributed by atoms with E-state index in [2.05, 4.69) is 5.10 Å². The van der Waals surface area contributed by atoms with E-state index in [0.29, 0.717) is 22.8 Å². The van der Waals surface area contributed by atoms with Crippen molar-refractivity contribution in [3.63, 3.8) is 0 Å². The van der Waals surface area contributed by atoms with E-state index in [4.69, 9.17) is 9.47 Å². The molecule has 3 rings (SSSR count). The Hall–Kier alpha value is -2.63. The predicted octanol–water partition coefficient (Wildman–Crippen LogP) is 1.60. The topological polar surface area (TPSA) is 70.4 Å². The summed E-state index contributed by atoms with van der Waals surface area (Å²) in [5.41, 5.74) is 0.722. The molecule has 0 saturated carbocycles. The number of benzene rings is 1. The van der Waals surface area contributed by atoms with Crippen molar-refractivity contribution in [3.05, 3.63) is 41.7 Å². The van der Waals surface area contributed by atoms with E-state index in [1.807, 2.05) is 0 Å². The lowest BCUT2D eigenvalue weighted by Crippen LogP contribution is -2.09. The highest BCUT2D eigenvalue weighted by molar-refractivity contribution is 6.13. The molecule has 1 aromatic carbocycles. The summed E-state index contributed by atoms with van der Waals surface area (Å²) in [7, 11) is 1.72. The first-order valence-electron chi connectivity index (χ1n) is 6.09. The molecule has 6 heteroatoms. The second kappa shape index (κ2) is 4.80. The van der Waals surface area contributed by atoms with Crippen LogP contribution in [0.3, 0.4) is 0 Å². The van der Waals surface area contributed by atoms with Gasteiger partial charge in [-0.25, -0.2) is 0 Å². The Labute approximate surface area is 114 Å². The maximum Gasteiger partial charge on any atom is 0.231 e. The molecule has 0 spiro atoms. The van der Waals surface area contributed by atoms with Gasteiger partial charge in [0.1, 0.15) is 5.69 Å². The van der Waals surface area contributed by atoms with Crippen molar-refractivity contribution < 1.29 is 19.1 Å². The van der Waals surface area contributed by atoms with Crippen LogP contribution in [0.15, 0.2) is 30.5 Å². The number of aromatic nitrogens is 2. The van der Waals surface area contributed by atoms with Crippen molar-refractivity contribution in [2.45, 2.75) is 6.42 Å². The molecule has 1 aromatic heterocycles. The minimum absolute atomic E-state index is 0.153. The van der Waals surface area contributed by atoms with E-state index in [1.54, 1.807) is 37.5 Å². The van der Waals surface area contributed by atoms with Gasteiger partial charge in [-0.2, -0.15) is 5.10 Å². The first kappa shape index (κ1) is 12.4. The Morgan fingerprint density at radius 1 is 1.20 bits per heavy atom. The van der Waals surface area contributed by atoms with Crippen LogP contribution in [0.2, 0.25) is 0 Å². The number of carbonyl (C=O) groups excluding carboxylic acids is 2. The van der Waals surface area contributed by atoms with Gasteiger partial charge >= 0.3 is 0 Å². The highest BCUT2D eigenvalue weighted by Crippen LogP contribution is 2.32. The summed E-state index contributed by atoms with van der Waals surface area (Å²) in [5.74, 6) is 0.575. The highest BCUT2D eigenvalue weighted by Gasteiger charge is 2.19. The molecule has 102 valence electrons. The summed E-state index contributed by atoms with van der Waals surface area (Å²) in [6, 6.07) is 6.48. The molecule has 2 heterocycles. The van der Waals surface area contributed by atoms with Crippen molar-refractivity contribution in [1.82, 2.24) is 9.78 Å². The Kier molecular flexibility index (Phi) is 2.98.